The van der Waals surface area contributed by atoms with Gasteiger partial charge in [-0.05, 0) is 41.0 Å². The maximum Gasteiger partial charge on any atom is 0.147 e. The molecular weight excluding hydrogens is 330 g/mol. The van der Waals surface area contributed by atoms with E-state index >= 15 is 0 Å². The number of para-hydroxylation sites is 1. The van der Waals surface area contributed by atoms with E-state index in [1.54, 1.807) is 47.3 Å². The zero-order valence-electron chi connectivity index (χ0n) is 13.9. The summed E-state index contributed by atoms with van der Waals surface area (Å²) in [6.45, 7) is 0. The molecule has 1 aromatic heterocycles. The topological polar surface area (TPSA) is 17.8 Å². The van der Waals surface area contributed by atoms with Gasteiger partial charge < -0.3 is 4.57 Å². The summed E-state index contributed by atoms with van der Waals surface area (Å²) >= 11 is 0. The molecule has 4 heteroatoms. The lowest BCUT2D eigenvalue weighted by Crippen LogP contribution is -2.04. The molecule has 0 aliphatic carbocycles. The van der Waals surface area contributed by atoms with Crippen LogP contribution in [0.1, 0.15) is 11.4 Å². The summed E-state index contributed by atoms with van der Waals surface area (Å²) in [6, 6.07) is 21.0. The van der Waals surface area contributed by atoms with Crippen LogP contribution in [0, 0.1) is 11.6 Å². The Kier molecular flexibility index (Phi) is 4.32. The lowest BCUT2D eigenvalue weighted by Gasteiger charge is -2.12. The van der Waals surface area contributed by atoms with E-state index in [1.807, 2.05) is 24.3 Å². The highest BCUT2D eigenvalue weighted by Gasteiger charge is 2.12. The van der Waals surface area contributed by atoms with Gasteiger partial charge >= 0.3 is 0 Å². The second-order valence-corrected chi connectivity index (χ2v) is 6.01. The van der Waals surface area contributed by atoms with E-state index in [1.165, 1.54) is 18.2 Å². The molecule has 3 aromatic carbocycles. The number of aromatic nitrogens is 2. The summed E-state index contributed by atoms with van der Waals surface area (Å²) in [5.74, 6) is 0.185. The minimum atomic E-state index is -0.293. The van der Waals surface area contributed by atoms with Crippen molar-refractivity contribution in [2.45, 2.75) is 6.42 Å². The molecule has 26 heavy (non-hydrogen) atoms. The van der Waals surface area contributed by atoms with Gasteiger partial charge in [0.25, 0.3) is 0 Å². The highest BCUT2D eigenvalue weighted by atomic mass is 19.1. The average Bonchev–Trinajstić information content (AvgIpc) is 3.11. The number of imidazole rings is 1. The predicted molar refractivity (Wildman–Crippen MR) is 98.2 cm³/mol. The van der Waals surface area contributed by atoms with Crippen molar-refractivity contribution in [3.05, 3.63) is 108 Å². The highest BCUT2D eigenvalue weighted by molar-refractivity contribution is 5.67. The summed E-state index contributed by atoms with van der Waals surface area (Å²) in [7, 11) is 0. The van der Waals surface area contributed by atoms with Gasteiger partial charge in [0, 0.05) is 18.8 Å². The van der Waals surface area contributed by atoms with Gasteiger partial charge in [-0.2, -0.15) is 0 Å². The molecule has 0 unspecified atom stereocenters. The number of hydrogen-bond acceptors (Lipinski definition) is 1. The van der Waals surface area contributed by atoms with Gasteiger partial charge in [0.15, 0.2) is 0 Å². The van der Waals surface area contributed by atoms with Crippen molar-refractivity contribution in [1.82, 2.24) is 9.55 Å². The Morgan fingerprint density at radius 2 is 1.54 bits per heavy atom. The summed E-state index contributed by atoms with van der Waals surface area (Å²) in [5.41, 5.74) is 3.46. The zero-order chi connectivity index (χ0) is 17.9. The minimum absolute atomic E-state index is 0.263. The SMILES string of the molecule is Fc1ccc(-c2ccccc2Cc2nccn2-c2ccccc2F)cc1. The van der Waals surface area contributed by atoms with E-state index in [0.29, 0.717) is 12.1 Å². The maximum absolute atomic E-state index is 14.2. The van der Waals surface area contributed by atoms with Crippen LogP contribution in [0.3, 0.4) is 0 Å². The third kappa shape index (κ3) is 3.14. The van der Waals surface area contributed by atoms with Crippen LogP contribution < -0.4 is 0 Å². The summed E-state index contributed by atoms with van der Waals surface area (Å²) in [5, 5.41) is 0. The second-order valence-electron chi connectivity index (χ2n) is 6.01. The molecule has 0 aliphatic heterocycles. The maximum atomic E-state index is 14.2. The molecule has 0 amide bonds. The first kappa shape index (κ1) is 16.2. The van der Waals surface area contributed by atoms with Crippen LogP contribution in [-0.4, -0.2) is 9.55 Å². The largest absolute Gasteiger partial charge is 0.301 e. The van der Waals surface area contributed by atoms with Crippen molar-refractivity contribution >= 4 is 0 Å². The normalized spacial score (nSPS) is 10.8. The molecule has 1 heterocycles. The van der Waals surface area contributed by atoms with Gasteiger partial charge in [0.2, 0.25) is 0 Å². The number of nitrogens with zero attached hydrogens (tertiary/aromatic N) is 2. The van der Waals surface area contributed by atoms with Gasteiger partial charge in [-0.25, -0.2) is 13.8 Å². The first-order chi connectivity index (χ1) is 12.7. The van der Waals surface area contributed by atoms with Crippen molar-refractivity contribution in [2.75, 3.05) is 0 Å². The number of benzene rings is 3. The smallest absolute Gasteiger partial charge is 0.147 e. The van der Waals surface area contributed by atoms with E-state index in [-0.39, 0.29) is 11.6 Å². The third-order valence-electron chi connectivity index (χ3n) is 4.35. The van der Waals surface area contributed by atoms with Crippen molar-refractivity contribution in [2.24, 2.45) is 0 Å². The first-order valence-corrected chi connectivity index (χ1v) is 8.33. The van der Waals surface area contributed by atoms with E-state index in [2.05, 4.69) is 4.98 Å². The monoisotopic (exact) mass is 346 g/mol. The third-order valence-corrected chi connectivity index (χ3v) is 4.35. The average molecular weight is 346 g/mol. The van der Waals surface area contributed by atoms with Crippen LogP contribution in [0.2, 0.25) is 0 Å². The van der Waals surface area contributed by atoms with Crippen LogP contribution in [-0.2, 0) is 6.42 Å². The molecule has 0 fully saturated rings. The molecule has 0 spiro atoms. The molecule has 2 nitrogen and oxygen atoms in total. The van der Waals surface area contributed by atoms with Crippen LogP contribution >= 0.6 is 0 Å². The highest BCUT2D eigenvalue weighted by Crippen LogP contribution is 2.26. The van der Waals surface area contributed by atoms with Crippen LogP contribution in [0.4, 0.5) is 8.78 Å². The minimum Gasteiger partial charge on any atom is -0.301 e. The summed E-state index contributed by atoms with van der Waals surface area (Å²) in [6.07, 6.45) is 3.96. The molecule has 128 valence electrons. The molecule has 0 atom stereocenters. The Balaban J connectivity index is 1.73. The number of rotatable bonds is 4. The molecule has 0 bridgehead atoms. The van der Waals surface area contributed by atoms with Crippen LogP contribution in [0.25, 0.3) is 16.8 Å². The zero-order valence-corrected chi connectivity index (χ0v) is 13.9. The molecule has 0 saturated carbocycles. The Hall–Kier alpha value is -3.27. The standard InChI is InChI=1S/C22H16F2N2/c23-18-11-9-16(10-12-18)19-6-2-1-5-17(19)15-22-25-13-14-26(22)21-8-4-3-7-20(21)24/h1-14H,15H2. The van der Waals surface area contributed by atoms with Gasteiger partial charge in [-0.3, -0.25) is 0 Å². The van der Waals surface area contributed by atoms with Gasteiger partial charge in [0.05, 0.1) is 5.69 Å². The van der Waals surface area contributed by atoms with Crippen molar-refractivity contribution < 1.29 is 8.78 Å². The Morgan fingerprint density at radius 3 is 2.35 bits per heavy atom. The second kappa shape index (κ2) is 6.92. The first-order valence-electron chi connectivity index (χ1n) is 8.33. The molecule has 0 saturated heterocycles. The quantitative estimate of drug-likeness (QED) is 0.483. The molecule has 0 N–H and O–H groups in total. The van der Waals surface area contributed by atoms with Crippen molar-refractivity contribution in [1.29, 1.82) is 0 Å². The molecular formula is C22H16F2N2. The van der Waals surface area contributed by atoms with Crippen LogP contribution in [0.5, 0.6) is 0 Å². The number of hydrogen-bond donors (Lipinski definition) is 0. The Bertz CT molecular complexity index is 1040. The fourth-order valence-corrected chi connectivity index (χ4v) is 3.09. The van der Waals surface area contributed by atoms with E-state index < -0.39 is 0 Å². The van der Waals surface area contributed by atoms with Crippen LogP contribution in [0.15, 0.2) is 85.2 Å². The molecule has 4 aromatic rings. The Morgan fingerprint density at radius 1 is 0.808 bits per heavy atom. The van der Waals surface area contributed by atoms with Gasteiger partial charge in [-0.15, -0.1) is 0 Å². The van der Waals surface area contributed by atoms with Crippen molar-refractivity contribution in [3.63, 3.8) is 0 Å². The molecule has 0 aliphatic rings. The fourth-order valence-electron chi connectivity index (χ4n) is 3.09. The summed E-state index contributed by atoms with van der Waals surface area (Å²) < 4.78 is 29.2. The fraction of sp³-hybridized carbons (Fsp3) is 0.0455. The lowest BCUT2D eigenvalue weighted by atomic mass is 9.97. The lowest BCUT2D eigenvalue weighted by molar-refractivity contribution is 0.615. The number of halogens is 2. The Labute approximate surface area is 150 Å². The summed E-state index contributed by atoms with van der Waals surface area (Å²) in [4.78, 5) is 4.41. The molecule has 0 radical (unpaired) electrons. The predicted octanol–water partition coefficient (Wildman–Crippen LogP) is 5.41. The van der Waals surface area contributed by atoms with E-state index in [4.69, 9.17) is 0 Å². The molecule has 4 rings (SSSR count). The van der Waals surface area contributed by atoms with Gasteiger partial charge in [0.1, 0.15) is 17.5 Å². The van der Waals surface area contributed by atoms with Gasteiger partial charge in [-0.1, -0.05) is 48.5 Å². The van der Waals surface area contributed by atoms with Crippen molar-refractivity contribution in [3.8, 4) is 16.8 Å². The van der Waals surface area contributed by atoms with E-state index in [0.717, 1.165) is 22.5 Å². The van der Waals surface area contributed by atoms with E-state index in [9.17, 15) is 8.78 Å².